The third-order valence-corrected chi connectivity index (χ3v) is 2.45. The second-order valence-corrected chi connectivity index (χ2v) is 4.10. The van der Waals surface area contributed by atoms with Crippen molar-refractivity contribution in [3.8, 4) is 0 Å². The minimum absolute atomic E-state index is 0.00548. The fraction of sp³-hybridized carbons (Fsp3) is 0.357. The lowest BCUT2D eigenvalue weighted by atomic mass is 10.2. The highest BCUT2D eigenvalue weighted by Gasteiger charge is 2.06. The average Bonchev–Trinajstić information content (AvgIpc) is 2.50. The van der Waals surface area contributed by atoms with Gasteiger partial charge in [-0.05, 0) is 19.1 Å². The molecule has 1 rings (SSSR count). The number of benzene rings is 1. The van der Waals surface area contributed by atoms with Crippen molar-refractivity contribution >= 4 is 17.8 Å². The lowest BCUT2D eigenvalue weighted by Gasteiger charge is -2.08. The third-order valence-electron chi connectivity index (χ3n) is 2.45. The summed E-state index contributed by atoms with van der Waals surface area (Å²) in [4.78, 5) is 34.1. The van der Waals surface area contributed by atoms with Crippen LogP contribution in [0.3, 0.4) is 0 Å². The van der Waals surface area contributed by atoms with Crippen molar-refractivity contribution in [1.82, 2.24) is 16.2 Å². The molecule has 1 aromatic carbocycles. The topological polar surface area (TPSA) is 96.5 Å². The largest absolute Gasteiger partial charge is 0.466 e. The Morgan fingerprint density at radius 3 is 2.48 bits per heavy atom. The van der Waals surface area contributed by atoms with E-state index in [2.05, 4.69) is 16.2 Å². The predicted octanol–water partition coefficient (Wildman–Crippen LogP) is -0.00960. The fourth-order valence-corrected chi connectivity index (χ4v) is 1.46. The molecule has 114 valence electrons. The molecule has 0 heterocycles. The minimum Gasteiger partial charge on any atom is -0.466 e. The van der Waals surface area contributed by atoms with E-state index >= 15 is 0 Å². The van der Waals surface area contributed by atoms with Gasteiger partial charge >= 0.3 is 5.97 Å². The summed E-state index contributed by atoms with van der Waals surface area (Å²) < 4.78 is 4.74. The van der Waals surface area contributed by atoms with Crippen LogP contribution >= 0.6 is 0 Å². The van der Waals surface area contributed by atoms with Crippen molar-refractivity contribution < 1.29 is 19.1 Å². The van der Waals surface area contributed by atoms with Crippen molar-refractivity contribution in [3.05, 3.63) is 35.9 Å². The van der Waals surface area contributed by atoms with Gasteiger partial charge in [-0.1, -0.05) is 18.2 Å². The van der Waals surface area contributed by atoms with Gasteiger partial charge in [-0.3, -0.25) is 25.2 Å². The van der Waals surface area contributed by atoms with E-state index in [1.807, 2.05) is 0 Å². The zero-order valence-electron chi connectivity index (χ0n) is 11.8. The van der Waals surface area contributed by atoms with Gasteiger partial charge in [0.2, 0.25) is 0 Å². The summed E-state index contributed by atoms with van der Waals surface area (Å²) in [6.45, 7) is 2.40. The predicted molar refractivity (Wildman–Crippen MR) is 76.2 cm³/mol. The van der Waals surface area contributed by atoms with E-state index in [4.69, 9.17) is 4.74 Å². The Morgan fingerprint density at radius 1 is 1.10 bits per heavy atom. The summed E-state index contributed by atoms with van der Waals surface area (Å²) in [7, 11) is 0. The summed E-state index contributed by atoms with van der Waals surface area (Å²) in [5.41, 5.74) is 5.03. The van der Waals surface area contributed by atoms with Crippen molar-refractivity contribution in [2.24, 2.45) is 0 Å². The molecular formula is C14H19N3O4. The molecule has 0 fully saturated rings. The molecule has 0 unspecified atom stereocenters. The summed E-state index contributed by atoms with van der Waals surface area (Å²) in [6, 6.07) is 8.53. The van der Waals surface area contributed by atoms with Gasteiger partial charge in [-0.15, -0.1) is 0 Å². The summed E-state index contributed by atoms with van der Waals surface area (Å²) in [5.74, 6) is -1.11. The molecule has 2 amide bonds. The number of hydrazine groups is 1. The van der Waals surface area contributed by atoms with Gasteiger partial charge in [0.1, 0.15) is 0 Å². The van der Waals surface area contributed by atoms with Gasteiger partial charge in [0, 0.05) is 12.1 Å². The van der Waals surface area contributed by atoms with E-state index in [-0.39, 0.29) is 18.9 Å². The molecule has 0 saturated heterocycles. The molecule has 7 nitrogen and oxygen atoms in total. The van der Waals surface area contributed by atoms with Gasteiger partial charge in [0.05, 0.1) is 19.6 Å². The van der Waals surface area contributed by atoms with E-state index in [1.54, 1.807) is 37.3 Å². The Balaban J connectivity index is 2.14. The van der Waals surface area contributed by atoms with Crippen LogP contribution in [-0.4, -0.2) is 37.5 Å². The van der Waals surface area contributed by atoms with Gasteiger partial charge in [0.25, 0.3) is 11.8 Å². The van der Waals surface area contributed by atoms with Crippen molar-refractivity contribution in [2.75, 3.05) is 19.7 Å². The highest BCUT2D eigenvalue weighted by atomic mass is 16.5. The first-order valence-corrected chi connectivity index (χ1v) is 6.64. The average molecular weight is 293 g/mol. The first-order valence-electron chi connectivity index (χ1n) is 6.64. The molecule has 3 N–H and O–H groups in total. The van der Waals surface area contributed by atoms with Crippen LogP contribution in [0.5, 0.6) is 0 Å². The number of hydrogen-bond donors (Lipinski definition) is 3. The number of rotatable bonds is 7. The maximum absolute atomic E-state index is 11.6. The Morgan fingerprint density at radius 2 is 1.81 bits per heavy atom. The van der Waals surface area contributed by atoms with Crippen LogP contribution in [0.15, 0.2) is 30.3 Å². The number of amides is 2. The number of ether oxygens (including phenoxy) is 1. The third kappa shape index (κ3) is 7.07. The van der Waals surface area contributed by atoms with Crippen molar-refractivity contribution in [2.45, 2.75) is 13.3 Å². The molecule has 0 aliphatic carbocycles. The summed E-state index contributed by atoms with van der Waals surface area (Å²) in [5, 5.41) is 2.77. The van der Waals surface area contributed by atoms with E-state index < -0.39 is 11.8 Å². The molecule has 0 spiro atoms. The molecule has 7 heteroatoms. The van der Waals surface area contributed by atoms with Crippen LogP contribution in [0.2, 0.25) is 0 Å². The van der Waals surface area contributed by atoms with Crippen molar-refractivity contribution in [3.63, 3.8) is 0 Å². The molecule has 0 aromatic heterocycles. The van der Waals surface area contributed by atoms with Gasteiger partial charge in [0.15, 0.2) is 0 Å². The number of hydrogen-bond acceptors (Lipinski definition) is 5. The molecule has 0 radical (unpaired) electrons. The SMILES string of the molecule is CCOC(=O)CCNCC(=O)NNC(=O)c1ccccc1. The van der Waals surface area contributed by atoms with Crippen LogP contribution < -0.4 is 16.2 Å². The number of nitrogens with one attached hydrogen (secondary N) is 3. The van der Waals surface area contributed by atoms with E-state index in [0.29, 0.717) is 18.7 Å². The monoisotopic (exact) mass is 293 g/mol. The maximum Gasteiger partial charge on any atom is 0.307 e. The smallest absolute Gasteiger partial charge is 0.307 e. The molecule has 0 aliphatic rings. The normalized spacial score (nSPS) is 9.76. The highest BCUT2D eigenvalue weighted by Crippen LogP contribution is 1.96. The summed E-state index contributed by atoms with van der Waals surface area (Å²) in [6.07, 6.45) is 0.192. The first kappa shape index (κ1) is 16.6. The van der Waals surface area contributed by atoms with Crippen LogP contribution in [0.1, 0.15) is 23.7 Å². The van der Waals surface area contributed by atoms with E-state index in [9.17, 15) is 14.4 Å². The molecule has 0 bridgehead atoms. The van der Waals surface area contributed by atoms with E-state index in [1.165, 1.54) is 0 Å². The number of esters is 1. The highest BCUT2D eigenvalue weighted by molar-refractivity contribution is 5.95. The standard InChI is InChI=1S/C14H19N3O4/c1-2-21-13(19)8-9-15-10-12(18)16-17-14(20)11-6-4-3-5-7-11/h3-7,15H,2,8-10H2,1H3,(H,16,18)(H,17,20). The Kier molecular flexibility index (Phi) is 7.52. The van der Waals surface area contributed by atoms with Crippen LogP contribution in [0.4, 0.5) is 0 Å². The van der Waals surface area contributed by atoms with Gasteiger partial charge < -0.3 is 10.1 Å². The first-order chi connectivity index (χ1) is 10.1. The molecular weight excluding hydrogens is 274 g/mol. The zero-order chi connectivity index (χ0) is 15.5. The van der Waals surface area contributed by atoms with Gasteiger partial charge in [-0.2, -0.15) is 0 Å². The zero-order valence-corrected chi connectivity index (χ0v) is 11.8. The van der Waals surface area contributed by atoms with E-state index in [0.717, 1.165) is 0 Å². The minimum atomic E-state index is -0.400. The second kappa shape index (κ2) is 9.49. The van der Waals surface area contributed by atoms with Crippen LogP contribution in [-0.2, 0) is 14.3 Å². The van der Waals surface area contributed by atoms with Crippen LogP contribution in [0, 0.1) is 0 Å². The Labute approximate surface area is 123 Å². The molecule has 0 atom stereocenters. The van der Waals surface area contributed by atoms with Crippen LogP contribution in [0.25, 0.3) is 0 Å². The molecule has 1 aromatic rings. The quantitative estimate of drug-likeness (QED) is 0.373. The lowest BCUT2D eigenvalue weighted by Crippen LogP contribution is -2.45. The lowest BCUT2D eigenvalue weighted by molar-refractivity contribution is -0.143. The maximum atomic E-state index is 11.6. The Bertz CT molecular complexity index is 476. The number of carbonyl (C=O) groups is 3. The molecule has 21 heavy (non-hydrogen) atoms. The number of carbonyl (C=O) groups excluding carboxylic acids is 3. The molecule has 0 saturated carbocycles. The Hall–Kier alpha value is -2.41. The molecule has 0 aliphatic heterocycles. The fourth-order valence-electron chi connectivity index (χ4n) is 1.46. The van der Waals surface area contributed by atoms with Crippen molar-refractivity contribution in [1.29, 1.82) is 0 Å². The second-order valence-electron chi connectivity index (χ2n) is 4.10. The van der Waals surface area contributed by atoms with Gasteiger partial charge in [-0.25, -0.2) is 0 Å². The summed E-state index contributed by atoms with van der Waals surface area (Å²) >= 11 is 0.